The van der Waals surface area contributed by atoms with E-state index < -0.39 is 12.1 Å². The van der Waals surface area contributed by atoms with Crippen LogP contribution in [0.1, 0.15) is 47.2 Å². The Kier molecular flexibility index (Phi) is 7.36. The van der Waals surface area contributed by atoms with Crippen molar-refractivity contribution in [1.82, 2.24) is 5.32 Å². The Balaban J connectivity index is 1.26. The van der Waals surface area contributed by atoms with E-state index in [9.17, 15) is 14.4 Å². The van der Waals surface area contributed by atoms with Gasteiger partial charge in [-0.05, 0) is 53.8 Å². The van der Waals surface area contributed by atoms with Crippen LogP contribution in [0.2, 0.25) is 5.02 Å². The third-order valence-corrected chi connectivity index (χ3v) is 6.16. The lowest BCUT2D eigenvalue weighted by molar-refractivity contribution is -0.116. The zero-order valence-corrected chi connectivity index (χ0v) is 19.8. The number of benzene rings is 3. The number of nitrogens with one attached hydrogen (secondary N) is 2. The molecule has 0 saturated carbocycles. The maximum atomic E-state index is 12.4. The van der Waals surface area contributed by atoms with Gasteiger partial charge < -0.3 is 20.5 Å². The van der Waals surface area contributed by atoms with Crippen LogP contribution in [0.25, 0.3) is 11.1 Å². The molecule has 7 nitrogen and oxygen atoms in total. The minimum atomic E-state index is -1.14. The summed E-state index contributed by atoms with van der Waals surface area (Å²) in [7, 11) is 0. The summed E-state index contributed by atoms with van der Waals surface area (Å²) in [6.45, 7) is 2.00. The maximum absolute atomic E-state index is 12.4. The predicted molar refractivity (Wildman–Crippen MR) is 134 cm³/mol. The number of fused-ring (bicyclic) bond motifs is 3. The molecule has 0 bridgehead atoms. The molecule has 0 spiro atoms. The normalized spacial score (nSPS) is 12.9. The number of carboxylic acid groups (broad SMARTS) is 1. The largest absolute Gasteiger partial charge is 0.478 e. The maximum Gasteiger partial charge on any atom is 0.407 e. The summed E-state index contributed by atoms with van der Waals surface area (Å²) in [5.74, 6) is -1.48. The molecule has 0 radical (unpaired) electrons. The Morgan fingerprint density at radius 1 is 1.00 bits per heavy atom. The van der Waals surface area contributed by atoms with Gasteiger partial charge in [0.25, 0.3) is 0 Å². The van der Waals surface area contributed by atoms with E-state index in [4.69, 9.17) is 21.4 Å². The van der Waals surface area contributed by atoms with Crippen molar-refractivity contribution >= 4 is 35.3 Å². The van der Waals surface area contributed by atoms with Crippen LogP contribution >= 0.6 is 11.6 Å². The summed E-state index contributed by atoms with van der Waals surface area (Å²) < 4.78 is 5.54. The molecule has 1 atom stereocenters. The summed E-state index contributed by atoms with van der Waals surface area (Å²) in [4.78, 5) is 35.8. The van der Waals surface area contributed by atoms with Gasteiger partial charge in [0.05, 0.1) is 5.56 Å². The van der Waals surface area contributed by atoms with E-state index in [0.29, 0.717) is 12.1 Å². The molecule has 180 valence electrons. The van der Waals surface area contributed by atoms with Crippen molar-refractivity contribution in [1.29, 1.82) is 0 Å². The van der Waals surface area contributed by atoms with Gasteiger partial charge in [0.15, 0.2) is 0 Å². The number of anilines is 1. The first-order valence-electron chi connectivity index (χ1n) is 11.3. The van der Waals surface area contributed by atoms with Gasteiger partial charge in [-0.15, -0.1) is 0 Å². The number of hydrogen-bond donors (Lipinski definition) is 3. The van der Waals surface area contributed by atoms with Crippen molar-refractivity contribution in [2.45, 2.75) is 31.7 Å². The molecule has 0 fully saturated rings. The number of carbonyl (C=O) groups excluding carboxylic acids is 2. The second-order valence-electron chi connectivity index (χ2n) is 8.49. The van der Waals surface area contributed by atoms with Crippen molar-refractivity contribution < 1.29 is 24.2 Å². The number of rotatable bonds is 8. The Bertz CT molecular complexity index is 1230. The molecular formula is C27H25ClN2O5. The fourth-order valence-corrected chi connectivity index (χ4v) is 4.50. The molecule has 3 aromatic carbocycles. The van der Waals surface area contributed by atoms with Crippen molar-refractivity contribution in [3.63, 3.8) is 0 Å². The van der Waals surface area contributed by atoms with E-state index in [0.717, 1.165) is 22.3 Å². The molecule has 3 aromatic rings. The summed E-state index contributed by atoms with van der Waals surface area (Å²) in [6.07, 6.45) is -0.0389. The van der Waals surface area contributed by atoms with E-state index in [1.807, 2.05) is 24.3 Å². The number of aromatic carboxylic acids is 1. The molecule has 0 saturated heterocycles. The second-order valence-corrected chi connectivity index (χ2v) is 8.93. The average molecular weight is 493 g/mol. The van der Waals surface area contributed by atoms with Gasteiger partial charge in [-0.25, -0.2) is 9.59 Å². The third-order valence-electron chi connectivity index (χ3n) is 5.94. The van der Waals surface area contributed by atoms with Crippen LogP contribution in [0, 0.1) is 0 Å². The molecule has 4 rings (SSSR count). The average Bonchev–Trinajstić information content (AvgIpc) is 3.15. The molecular weight excluding hydrogens is 468 g/mol. The van der Waals surface area contributed by atoms with E-state index in [1.54, 1.807) is 6.92 Å². The molecule has 2 amide bonds. The molecule has 1 aliphatic rings. The highest BCUT2D eigenvalue weighted by Crippen LogP contribution is 2.44. The SMILES string of the molecule is CC(CCC(=O)Nc1cc(Cl)cc(C(=O)O)c1)NC(=O)OCC1c2ccccc2-c2ccccc21. The smallest absolute Gasteiger partial charge is 0.407 e. The van der Waals surface area contributed by atoms with Gasteiger partial charge in [0, 0.05) is 29.1 Å². The fourth-order valence-electron chi connectivity index (χ4n) is 4.27. The Hall–Kier alpha value is -3.84. The Labute approximate surface area is 208 Å². The highest BCUT2D eigenvalue weighted by Gasteiger charge is 2.29. The second kappa shape index (κ2) is 10.6. The zero-order chi connectivity index (χ0) is 24.9. The van der Waals surface area contributed by atoms with Crippen LogP contribution in [0.5, 0.6) is 0 Å². The molecule has 1 unspecified atom stereocenters. The number of carboxylic acids is 1. The monoisotopic (exact) mass is 492 g/mol. The fraction of sp³-hybridized carbons (Fsp3) is 0.222. The minimum absolute atomic E-state index is 0.0157. The van der Waals surface area contributed by atoms with Crippen LogP contribution in [-0.4, -0.2) is 35.7 Å². The summed E-state index contributed by atoms with van der Waals surface area (Å²) in [5, 5.41) is 14.7. The lowest BCUT2D eigenvalue weighted by Crippen LogP contribution is -2.34. The molecule has 8 heteroatoms. The van der Waals surface area contributed by atoms with Gasteiger partial charge >= 0.3 is 12.1 Å². The predicted octanol–water partition coefficient (Wildman–Crippen LogP) is 5.68. The van der Waals surface area contributed by atoms with Gasteiger partial charge in [-0.1, -0.05) is 60.1 Å². The van der Waals surface area contributed by atoms with E-state index >= 15 is 0 Å². The lowest BCUT2D eigenvalue weighted by atomic mass is 9.98. The quantitative estimate of drug-likeness (QED) is 0.375. The molecule has 1 aliphatic carbocycles. The van der Waals surface area contributed by atoms with Crippen LogP contribution < -0.4 is 10.6 Å². The topological polar surface area (TPSA) is 105 Å². The molecule has 0 heterocycles. The Morgan fingerprint density at radius 3 is 2.26 bits per heavy atom. The van der Waals surface area contributed by atoms with E-state index in [2.05, 4.69) is 34.9 Å². The van der Waals surface area contributed by atoms with Gasteiger partial charge in [0.2, 0.25) is 5.91 Å². The molecule has 35 heavy (non-hydrogen) atoms. The number of alkyl carbamates (subject to hydrolysis) is 1. The summed E-state index contributed by atoms with van der Waals surface area (Å²) >= 11 is 5.92. The van der Waals surface area contributed by atoms with Crippen molar-refractivity contribution in [2.75, 3.05) is 11.9 Å². The van der Waals surface area contributed by atoms with Crippen LogP contribution in [0.15, 0.2) is 66.7 Å². The van der Waals surface area contributed by atoms with Crippen molar-refractivity contribution in [3.05, 3.63) is 88.4 Å². The molecule has 0 aromatic heterocycles. The van der Waals surface area contributed by atoms with E-state index in [-0.39, 0.29) is 41.5 Å². The van der Waals surface area contributed by atoms with Crippen LogP contribution in [-0.2, 0) is 9.53 Å². The highest BCUT2D eigenvalue weighted by atomic mass is 35.5. The third kappa shape index (κ3) is 5.81. The number of carbonyl (C=O) groups is 3. The summed E-state index contributed by atoms with van der Waals surface area (Å²) in [5.41, 5.74) is 4.88. The molecule has 0 aliphatic heterocycles. The first-order chi connectivity index (χ1) is 16.8. The number of halogens is 1. The minimum Gasteiger partial charge on any atom is -0.478 e. The first-order valence-corrected chi connectivity index (χ1v) is 11.6. The summed E-state index contributed by atoms with van der Waals surface area (Å²) in [6, 6.07) is 20.1. The lowest BCUT2D eigenvalue weighted by Gasteiger charge is -2.17. The van der Waals surface area contributed by atoms with Gasteiger partial charge in [-0.3, -0.25) is 4.79 Å². The first kappa shape index (κ1) is 24.3. The number of amides is 2. The molecule has 3 N–H and O–H groups in total. The number of ether oxygens (including phenoxy) is 1. The Morgan fingerprint density at radius 2 is 1.63 bits per heavy atom. The highest BCUT2D eigenvalue weighted by molar-refractivity contribution is 6.31. The van der Waals surface area contributed by atoms with Gasteiger partial charge in [0.1, 0.15) is 6.61 Å². The van der Waals surface area contributed by atoms with Gasteiger partial charge in [-0.2, -0.15) is 0 Å². The van der Waals surface area contributed by atoms with E-state index in [1.165, 1.54) is 18.2 Å². The van der Waals surface area contributed by atoms with Crippen molar-refractivity contribution in [2.24, 2.45) is 0 Å². The number of hydrogen-bond acceptors (Lipinski definition) is 4. The van der Waals surface area contributed by atoms with Crippen molar-refractivity contribution in [3.8, 4) is 11.1 Å². The standard InChI is InChI=1S/C27H25ClN2O5/c1-16(10-11-25(31)30-19-13-17(26(32)33)12-18(28)14-19)29-27(34)35-15-24-22-8-4-2-6-20(22)21-7-3-5-9-23(21)24/h2-9,12-14,16,24H,10-11,15H2,1H3,(H,29,34)(H,30,31)(H,32,33). The van der Waals surface area contributed by atoms with Crippen LogP contribution in [0.3, 0.4) is 0 Å². The zero-order valence-electron chi connectivity index (χ0n) is 19.1. The van der Waals surface area contributed by atoms with Crippen LogP contribution in [0.4, 0.5) is 10.5 Å².